The topological polar surface area (TPSA) is 50.7 Å². The van der Waals surface area contributed by atoms with Gasteiger partial charge in [0.2, 0.25) is 0 Å². The maximum Gasteiger partial charge on any atom is 0.435 e. The van der Waals surface area contributed by atoms with Gasteiger partial charge in [-0.2, -0.15) is 13.2 Å². The van der Waals surface area contributed by atoms with Crippen molar-refractivity contribution in [2.24, 2.45) is 5.16 Å². The second kappa shape index (κ2) is 8.88. The number of carbonyl (C=O) groups excluding carboxylic acids is 1. The molecule has 2 aromatic carbocycles. The largest absolute Gasteiger partial charge is 0.435 e. The third kappa shape index (κ3) is 4.94. The average Bonchev–Trinajstić information content (AvgIpc) is 3.12. The van der Waals surface area contributed by atoms with Crippen molar-refractivity contribution in [3.8, 4) is 0 Å². The zero-order valence-corrected chi connectivity index (χ0v) is 18.8. The van der Waals surface area contributed by atoms with Gasteiger partial charge in [0.25, 0.3) is 11.5 Å². The normalized spacial score (nSPS) is 19.5. The van der Waals surface area contributed by atoms with Gasteiger partial charge >= 0.3 is 6.18 Å². The highest BCUT2D eigenvalue weighted by Crippen LogP contribution is 2.49. The summed E-state index contributed by atoms with van der Waals surface area (Å²) in [4.78, 5) is 17.3. The number of aryl methyl sites for hydroxylation is 1. The molecular weight excluding hydrogens is 476 g/mol. The molecule has 0 bridgehead atoms. The van der Waals surface area contributed by atoms with Crippen LogP contribution in [0.15, 0.2) is 41.6 Å². The number of hydrogen-bond donors (Lipinski definition) is 1. The van der Waals surface area contributed by atoms with E-state index in [1.807, 2.05) is 0 Å². The first kappa shape index (κ1) is 23.7. The van der Waals surface area contributed by atoms with E-state index in [4.69, 9.17) is 39.6 Å². The number of benzene rings is 2. The molecule has 0 radical (unpaired) electrons. The van der Waals surface area contributed by atoms with Gasteiger partial charge in [-0.25, -0.2) is 0 Å². The van der Waals surface area contributed by atoms with Gasteiger partial charge in [0.1, 0.15) is 0 Å². The molecule has 2 atom stereocenters. The molecule has 2 unspecified atom stereocenters. The summed E-state index contributed by atoms with van der Waals surface area (Å²) in [5, 5.41) is 6.30. The molecule has 166 valence electrons. The zero-order valence-electron chi connectivity index (χ0n) is 16.5. The van der Waals surface area contributed by atoms with Gasteiger partial charge in [-0.3, -0.25) is 4.79 Å². The minimum Gasteiger partial charge on any atom is -0.374 e. The molecule has 1 amide bonds. The lowest BCUT2D eigenvalue weighted by molar-refractivity contribution is -0.275. The Bertz CT molecular complexity index is 1020. The number of alkyl halides is 4. The number of halogens is 6. The van der Waals surface area contributed by atoms with E-state index in [0.29, 0.717) is 23.2 Å². The highest BCUT2D eigenvalue weighted by molar-refractivity contribution is 6.34. The van der Waals surface area contributed by atoms with Crippen molar-refractivity contribution in [1.29, 1.82) is 0 Å². The number of carbonyl (C=O) groups is 1. The number of nitrogens with one attached hydrogen (secondary N) is 1. The van der Waals surface area contributed by atoms with Crippen LogP contribution in [-0.2, 0) is 10.4 Å². The SMILES string of the molecule is Cc1cc(C2=NOC(c3cc(Cl)cc(Cl)c3)(C(F)(F)F)C2)ccc1C(=O)NCC(C)Cl. The Morgan fingerprint density at radius 1 is 1.23 bits per heavy atom. The van der Waals surface area contributed by atoms with Gasteiger partial charge in [0, 0.05) is 39.5 Å². The van der Waals surface area contributed by atoms with Crippen molar-refractivity contribution >= 4 is 46.4 Å². The Hall–Kier alpha value is -1.96. The van der Waals surface area contributed by atoms with Crippen molar-refractivity contribution in [1.82, 2.24) is 5.32 Å². The summed E-state index contributed by atoms with van der Waals surface area (Å²) in [7, 11) is 0. The Kier molecular flexibility index (Phi) is 6.79. The van der Waals surface area contributed by atoms with Crippen LogP contribution < -0.4 is 5.32 Å². The first-order valence-electron chi connectivity index (χ1n) is 9.24. The monoisotopic (exact) mass is 492 g/mol. The van der Waals surface area contributed by atoms with Crippen LogP contribution in [0.4, 0.5) is 13.2 Å². The molecule has 0 fully saturated rings. The summed E-state index contributed by atoms with van der Waals surface area (Å²) in [6, 6.07) is 8.33. The van der Waals surface area contributed by atoms with E-state index in [9.17, 15) is 18.0 Å². The summed E-state index contributed by atoms with van der Waals surface area (Å²) in [5.41, 5.74) is -1.47. The van der Waals surface area contributed by atoms with Crippen LogP contribution in [0.1, 0.15) is 40.4 Å². The minimum atomic E-state index is -4.78. The molecule has 1 aliphatic rings. The van der Waals surface area contributed by atoms with Crippen molar-refractivity contribution in [3.63, 3.8) is 0 Å². The maximum atomic E-state index is 14.1. The van der Waals surface area contributed by atoms with Crippen LogP contribution >= 0.6 is 34.8 Å². The van der Waals surface area contributed by atoms with Crippen LogP contribution in [0.5, 0.6) is 0 Å². The molecule has 31 heavy (non-hydrogen) atoms. The second-order valence-corrected chi connectivity index (χ2v) is 8.93. The summed E-state index contributed by atoms with van der Waals surface area (Å²) < 4.78 is 42.3. The summed E-state index contributed by atoms with van der Waals surface area (Å²) >= 11 is 17.7. The smallest absolute Gasteiger partial charge is 0.374 e. The van der Waals surface area contributed by atoms with E-state index in [0.717, 1.165) is 12.1 Å². The zero-order chi connectivity index (χ0) is 23.0. The molecule has 0 saturated carbocycles. The Morgan fingerprint density at radius 2 is 1.87 bits per heavy atom. The number of rotatable bonds is 5. The number of amides is 1. The predicted octanol–water partition coefficient (Wildman–Crippen LogP) is 6.24. The van der Waals surface area contributed by atoms with E-state index in [1.54, 1.807) is 19.9 Å². The molecular formula is C21H18Cl3F3N2O2. The highest BCUT2D eigenvalue weighted by atomic mass is 35.5. The van der Waals surface area contributed by atoms with Crippen LogP contribution in [0.3, 0.4) is 0 Å². The molecule has 4 nitrogen and oxygen atoms in total. The Labute approximate surface area is 192 Å². The van der Waals surface area contributed by atoms with E-state index in [1.165, 1.54) is 18.2 Å². The van der Waals surface area contributed by atoms with E-state index in [2.05, 4.69) is 10.5 Å². The average molecular weight is 494 g/mol. The van der Waals surface area contributed by atoms with Gasteiger partial charge in [0.15, 0.2) is 0 Å². The molecule has 2 aromatic rings. The summed E-state index contributed by atoms with van der Waals surface area (Å²) in [5.74, 6) is -0.320. The lowest BCUT2D eigenvalue weighted by atomic mass is 9.86. The molecule has 0 spiro atoms. The molecule has 1 N–H and O–H groups in total. The quantitative estimate of drug-likeness (QED) is 0.501. The molecule has 0 saturated heterocycles. The van der Waals surface area contributed by atoms with Crippen LogP contribution in [0.25, 0.3) is 0 Å². The van der Waals surface area contributed by atoms with Gasteiger partial charge in [-0.05, 0) is 55.3 Å². The molecule has 3 rings (SSSR count). The fourth-order valence-electron chi connectivity index (χ4n) is 3.27. The molecule has 1 aliphatic heterocycles. The maximum absolute atomic E-state index is 14.1. The first-order valence-corrected chi connectivity index (χ1v) is 10.4. The molecule has 0 aliphatic carbocycles. The fraction of sp³-hybridized carbons (Fsp3) is 0.333. The highest BCUT2D eigenvalue weighted by Gasteiger charge is 2.62. The third-order valence-electron chi connectivity index (χ3n) is 4.86. The molecule has 1 heterocycles. The second-order valence-electron chi connectivity index (χ2n) is 7.31. The minimum absolute atomic E-state index is 0.0562. The Morgan fingerprint density at radius 3 is 2.42 bits per heavy atom. The first-order chi connectivity index (χ1) is 14.4. The van der Waals surface area contributed by atoms with Gasteiger partial charge < -0.3 is 10.2 Å². The van der Waals surface area contributed by atoms with Crippen LogP contribution in [0, 0.1) is 6.92 Å². The van der Waals surface area contributed by atoms with Crippen LogP contribution in [-0.4, -0.2) is 29.7 Å². The van der Waals surface area contributed by atoms with Gasteiger partial charge in [-0.1, -0.05) is 34.4 Å². The summed E-state index contributed by atoms with van der Waals surface area (Å²) in [6.07, 6.45) is -5.35. The lowest BCUT2D eigenvalue weighted by Gasteiger charge is -2.29. The standard InChI is InChI=1S/C21H18Cl3F3N2O2/c1-11-5-13(3-4-17(11)19(30)28-10-12(2)22)18-9-20(31-29-18,21(25,26)27)14-6-15(23)8-16(24)7-14/h3-8,12H,9-10H2,1-2H3,(H,28,30). The van der Waals surface area contributed by atoms with Crippen molar-refractivity contribution in [2.75, 3.05) is 6.54 Å². The fourth-order valence-corrected chi connectivity index (χ4v) is 3.88. The van der Waals surface area contributed by atoms with Gasteiger partial charge in [0.05, 0.1) is 5.71 Å². The van der Waals surface area contributed by atoms with E-state index >= 15 is 0 Å². The Balaban J connectivity index is 1.90. The number of hydrogen-bond acceptors (Lipinski definition) is 3. The van der Waals surface area contributed by atoms with E-state index in [-0.39, 0.29) is 32.6 Å². The number of oxime groups is 1. The van der Waals surface area contributed by atoms with Crippen molar-refractivity contribution in [2.45, 2.75) is 37.4 Å². The van der Waals surface area contributed by atoms with Gasteiger partial charge in [-0.15, -0.1) is 11.6 Å². The van der Waals surface area contributed by atoms with Crippen LogP contribution in [0.2, 0.25) is 10.0 Å². The number of nitrogens with zero attached hydrogens (tertiary/aromatic N) is 1. The lowest BCUT2D eigenvalue weighted by Crippen LogP contribution is -2.42. The van der Waals surface area contributed by atoms with Crippen molar-refractivity contribution in [3.05, 3.63) is 68.7 Å². The van der Waals surface area contributed by atoms with E-state index < -0.39 is 18.2 Å². The molecule has 0 aromatic heterocycles. The third-order valence-corrected chi connectivity index (χ3v) is 5.45. The molecule has 10 heteroatoms. The summed E-state index contributed by atoms with van der Waals surface area (Å²) in [6.45, 7) is 3.72. The predicted molar refractivity (Wildman–Crippen MR) is 115 cm³/mol. The van der Waals surface area contributed by atoms with Crippen molar-refractivity contribution < 1.29 is 22.8 Å².